The lowest BCUT2D eigenvalue weighted by molar-refractivity contribution is 0.222. The summed E-state index contributed by atoms with van der Waals surface area (Å²) in [6, 6.07) is 0. The van der Waals surface area contributed by atoms with Gasteiger partial charge in [-0.15, -0.1) is 0 Å². The van der Waals surface area contributed by atoms with Crippen molar-refractivity contribution in [1.82, 2.24) is 14.7 Å². The van der Waals surface area contributed by atoms with E-state index in [1.807, 2.05) is 6.92 Å². The molecule has 0 aromatic carbocycles. The summed E-state index contributed by atoms with van der Waals surface area (Å²) in [5.41, 5.74) is 3.19. The second-order valence-electron chi connectivity index (χ2n) is 5.14. The molecule has 0 bridgehead atoms. The molecule has 1 N–H and O–H groups in total. The van der Waals surface area contributed by atoms with Gasteiger partial charge in [-0.1, -0.05) is 12.1 Å². The number of aromatic nitrogens is 2. The van der Waals surface area contributed by atoms with Crippen molar-refractivity contribution < 1.29 is 5.21 Å². The minimum Gasteiger partial charge on any atom is -0.411 e. The fourth-order valence-corrected chi connectivity index (χ4v) is 3.04. The van der Waals surface area contributed by atoms with Crippen molar-refractivity contribution in [2.45, 2.75) is 40.3 Å². The molecule has 1 saturated heterocycles. The maximum atomic E-state index is 8.91. The van der Waals surface area contributed by atoms with Crippen LogP contribution in [0.15, 0.2) is 9.63 Å². The zero-order valence-electron chi connectivity index (χ0n) is 11.7. The topological polar surface area (TPSA) is 53.7 Å². The highest BCUT2D eigenvalue weighted by atomic mass is 79.9. The zero-order chi connectivity index (χ0) is 14.0. The molecule has 1 atom stereocenters. The van der Waals surface area contributed by atoms with Crippen LogP contribution < -0.4 is 0 Å². The molecule has 1 fully saturated rings. The highest BCUT2D eigenvalue weighted by molar-refractivity contribution is 9.10. The van der Waals surface area contributed by atoms with Gasteiger partial charge in [0.1, 0.15) is 0 Å². The number of aryl methyl sites for hydroxylation is 2. The van der Waals surface area contributed by atoms with E-state index in [1.54, 1.807) is 0 Å². The summed E-state index contributed by atoms with van der Waals surface area (Å²) >= 11 is 3.64. The van der Waals surface area contributed by atoms with E-state index in [0.717, 1.165) is 48.5 Å². The molecule has 1 aromatic rings. The smallest absolute Gasteiger partial charge is 0.0739 e. The van der Waals surface area contributed by atoms with Crippen molar-refractivity contribution in [3.8, 4) is 0 Å². The maximum absolute atomic E-state index is 8.91. The molecule has 2 rings (SSSR count). The maximum Gasteiger partial charge on any atom is 0.0739 e. The lowest BCUT2D eigenvalue weighted by Gasteiger charge is -2.31. The van der Waals surface area contributed by atoms with Gasteiger partial charge in [-0.3, -0.25) is 9.58 Å². The summed E-state index contributed by atoms with van der Waals surface area (Å²) in [5, 5.41) is 16.8. The fourth-order valence-electron chi connectivity index (χ4n) is 2.63. The number of hydrogen-bond acceptors (Lipinski definition) is 4. The van der Waals surface area contributed by atoms with Crippen LogP contribution in [0.5, 0.6) is 0 Å². The van der Waals surface area contributed by atoms with E-state index < -0.39 is 0 Å². The number of rotatable bonds is 3. The summed E-state index contributed by atoms with van der Waals surface area (Å²) in [5.74, 6) is 0.316. The number of likely N-dealkylation sites (tertiary alicyclic amines) is 1. The van der Waals surface area contributed by atoms with Gasteiger partial charge in [-0.2, -0.15) is 5.10 Å². The van der Waals surface area contributed by atoms with E-state index in [1.165, 1.54) is 5.69 Å². The molecular formula is C13H21BrN4O. The molecule has 106 valence electrons. The first-order valence-electron chi connectivity index (χ1n) is 6.71. The van der Waals surface area contributed by atoms with Crippen LogP contribution in [0.1, 0.15) is 31.7 Å². The van der Waals surface area contributed by atoms with Crippen LogP contribution in [0.2, 0.25) is 0 Å². The van der Waals surface area contributed by atoms with Crippen molar-refractivity contribution in [1.29, 1.82) is 0 Å². The third-order valence-corrected chi connectivity index (χ3v) is 4.77. The molecule has 0 saturated carbocycles. The van der Waals surface area contributed by atoms with Crippen LogP contribution in [0.3, 0.4) is 0 Å². The summed E-state index contributed by atoms with van der Waals surface area (Å²) < 4.78 is 3.17. The quantitative estimate of drug-likeness (QED) is 0.685. The molecule has 2 heterocycles. The monoisotopic (exact) mass is 328 g/mol. The summed E-state index contributed by atoms with van der Waals surface area (Å²) in [7, 11) is 0. The highest BCUT2D eigenvalue weighted by Crippen LogP contribution is 2.24. The van der Waals surface area contributed by atoms with Crippen LogP contribution >= 0.6 is 15.9 Å². The van der Waals surface area contributed by atoms with Crippen LogP contribution in [-0.2, 0) is 13.1 Å². The van der Waals surface area contributed by atoms with Crippen molar-refractivity contribution >= 4 is 21.6 Å². The third-order valence-electron chi connectivity index (χ3n) is 3.74. The Balaban J connectivity index is 2.10. The van der Waals surface area contributed by atoms with E-state index in [4.69, 9.17) is 5.21 Å². The Morgan fingerprint density at radius 1 is 1.53 bits per heavy atom. The molecule has 1 aliphatic rings. The largest absolute Gasteiger partial charge is 0.411 e. The molecule has 1 unspecified atom stereocenters. The molecule has 1 aromatic heterocycles. The first kappa shape index (κ1) is 14.5. The van der Waals surface area contributed by atoms with Gasteiger partial charge < -0.3 is 5.21 Å². The minimum atomic E-state index is 0.316. The van der Waals surface area contributed by atoms with Gasteiger partial charge in [-0.05, 0) is 29.8 Å². The lowest BCUT2D eigenvalue weighted by Crippen LogP contribution is -2.39. The number of hydrogen-bond donors (Lipinski definition) is 1. The molecular weight excluding hydrogens is 308 g/mol. The second-order valence-corrected chi connectivity index (χ2v) is 5.93. The molecule has 19 heavy (non-hydrogen) atoms. The van der Waals surface area contributed by atoms with Gasteiger partial charge in [0.2, 0.25) is 0 Å². The fraction of sp³-hybridized carbons (Fsp3) is 0.692. The predicted octanol–water partition coefficient (Wildman–Crippen LogP) is 2.65. The van der Waals surface area contributed by atoms with Crippen molar-refractivity contribution in [3.63, 3.8) is 0 Å². The van der Waals surface area contributed by atoms with Crippen molar-refractivity contribution in [2.24, 2.45) is 11.1 Å². The Labute approximate surface area is 122 Å². The van der Waals surface area contributed by atoms with Gasteiger partial charge in [0.05, 0.1) is 21.6 Å². The highest BCUT2D eigenvalue weighted by Gasteiger charge is 2.24. The van der Waals surface area contributed by atoms with Crippen LogP contribution in [0.25, 0.3) is 0 Å². The van der Waals surface area contributed by atoms with Crippen molar-refractivity contribution in [2.75, 3.05) is 13.1 Å². The number of nitrogens with zero attached hydrogens (tertiary/aromatic N) is 4. The Morgan fingerprint density at radius 2 is 2.26 bits per heavy atom. The number of halogens is 1. The second kappa shape index (κ2) is 6.05. The third kappa shape index (κ3) is 3.00. The van der Waals surface area contributed by atoms with E-state index in [0.29, 0.717) is 5.92 Å². The SMILES string of the molecule is CCn1nc(C)c(Br)c1CN1CCC(=NO)C(C)C1. The average molecular weight is 329 g/mol. The predicted molar refractivity (Wildman–Crippen MR) is 78.6 cm³/mol. The molecule has 6 heteroatoms. The van der Waals surface area contributed by atoms with E-state index in [2.05, 4.69) is 49.6 Å². The summed E-state index contributed by atoms with van der Waals surface area (Å²) in [4.78, 5) is 2.40. The van der Waals surface area contributed by atoms with Gasteiger partial charge in [0, 0.05) is 38.5 Å². The standard InChI is InChI=1S/C13H21BrN4O/c1-4-18-12(13(14)10(3)15-18)8-17-6-5-11(16-19)9(2)7-17/h9,19H,4-8H2,1-3H3. The summed E-state index contributed by atoms with van der Waals surface area (Å²) in [6.07, 6.45) is 0.842. The molecule has 0 radical (unpaired) electrons. The van der Waals surface area contributed by atoms with Gasteiger partial charge in [-0.25, -0.2) is 0 Å². The van der Waals surface area contributed by atoms with Crippen molar-refractivity contribution in [3.05, 3.63) is 15.9 Å². The average Bonchev–Trinajstić information content (AvgIpc) is 2.67. The minimum absolute atomic E-state index is 0.316. The molecule has 0 amide bonds. The Bertz CT molecular complexity index is 483. The van der Waals surface area contributed by atoms with Crippen LogP contribution in [-0.4, -0.2) is 38.7 Å². The van der Waals surface area contributed by atoms with Gasteiger partial charge in [0.25, 0.3) is 0 Å². The Morgan fingerprint density at radius 3 is 2.84 bits per heavy atom. The van der Waals surface area contributed by atoms with E-state index in [9.17, 15) is 0 Å². The lowest BCUT2D eigenvalue weighted by atomic mass is 9.97. The first-order chi connectivity index (χ1) is 9.06. The van der Waals surface area contributed by atoms with Gasteiger partial charge in [0.15, 0.2) is 0 Å². The molecule has 0 aliphatic carbocycles. The summed E-state index contributed by atoms with van der Waals surface area (Å²) in [6.45, 7) is 9.88. The Kier molecular flexibility index (Phi) is 4.62. The zero-order valence-corrected chi connectivity index (χ0v) is 13.3. The molecule has 5 nitrogen and oxygen atoms in total. The number of oxime groups is 1. The normalized spacial score (nSPS) is 23.2. The Hall–Kier alpha value is -0.880. The first-order valence-corrected chi connectivity index (χ1v) is 7.51. The molecule has 0 spiro atoms. The molecule has 1 aliphatic heterocycles. The van der Waals surface area contributed by atoms with E-state index in [-0.39, 0.29) is 0 Å². The van der Waals surface area contributed by atoms with Crippen LogP contribution in [0.4, 0.5) is 0 Å². The van der Waals surface area contributed by atoms with Gasteiger partial charge >= 0.3 is 0 Å². The van der Waals surface area contributed by atoms with E-state index >= 15 is 0 Å². The number of piperidine rings is 1. The van der Waals surface area contributed by atoms with Crippen LogP contribution in [0, 0.1) is 12.8 Å².